The minimum Gasteiger partial charge on any atom is -0.378 e. The van der Waals surface area contributed by atoms with Crippen LogP contribution in [0, 0.1) is 0 Å². The van der Waals surface area contributed by atoms with Gasteiger partial charge in [0.15, 0.2) is 0 Å². The van der Waals surface area contributed by atoms with Gasteiger partial charge in [-0.1, -0.05) is 31.4 Å². The largest absolute Gasteiger partial charge is 0.378 e. The van der Waals surface area contributed by atoms with Crippen LogP contribution in [0.5, 0.6) is 0 Å². The lowest BCUT2D eigenvalue weighted by atomic mass is 9.82. The van der Waals surface area contributed by atoms with Crippen LogP contribution in [0.1, 0.15) is 37.7 Å². The maximum atomic E-state index is 12.4. The average molecular weight is 382 g/mol. The summed E-state index contributed by atoms with van der Waals surface area (Å²) >= 11 is 0. The van der Waals surface area contributed by atoms with E-state index in [1.54, 1.807) is 0 Å². The summed E-state index contributed by atoms with van der Waals surface area (Å²) in [5, 5.41) is 2.92. The highest BCUT2D eigenvalue weighted by Crippen LogP contribution is 2.27. The summed E-state index contributed by atoms with van der Waals surface area (Å²) in [5.41, 5.74) is 7.17. The first-order chi connectivity index (χ1) is 12.1. The standard InChI is InChI=1S/C19H27N3O3.ClH/c20-19(8-2-1-3-9-19)18(24)21-16-6-4-15(5-7-16)14-17(23)22-10-12-25-13-11-22;/h4-7H,1-3,8-14,20H2,(H,21,24);1H. The molecule has 0 radical (unpaired) electrons. The molecule has 1 heterocycles. The van der Waals surface area contributed by atoms with Crippen molar-refractivity contribution in [3.05, 3.63) is 29.8 Å². The van der Waals surface area contributed by atoms with E-state index in [1.807, 2.05) is 29.2 Å². The third-order valence-corrected chi connectivity index (χ3v) is 5.13. The molecule has 26 heavy (non-hydrogen) atoms. The highest BCUT2D eigenvalue weighted by molar-refractivity contribution is 5.98. The van der Waals surface area contributed by atoms with Crippen LogP contribution >= 0.6 is 12.4 Å². The molecular weight excluding hydrogens is 354 g/mol. The minimum absolute atomic E-state index is 0. The number of anilines is 1. The van der Waals surface area contributed by atoms with E-state index in [-0.39, 0.29) is 24.2 Å². The highest BCUT2D eigenvalue weighted by Gasteiger charge is 2.35. The van der Waals surface area contributed by atoms with Gasteiger partial charge >= 0.3 is 0 Å². The number of hydrogen-bond donors (Lipinski definition) is 2. The molecule has 1 aliphatic heterocycles. The molecular formula is C19H28ClN3O3. The lowest BCUT2D eigenvalue weighted by Gasteiger charge is -2.31. The van der Waals surface area contributed by atoms with E-state index < -0.39 is 5.54 Å². The van der Waals surface area contributed by atoms with Gasteiger partial charge in [-0.3, -0.25) is 9.59 Å². The van der Waals surface area contributed by atoms with Crippen LogP contribution in [-0.4, -0.2) is 48.6 Å². The second kappa shape index (κ2) is 9.35. The Morgan fingerprint density at radius 1 is 1.08 bits per heavy atom. The normalized spacial score (nSPS) is 19.3. The van der Waals surface area contributed by atoms with Crippen molar-refractivity contribution in [1.29, 1.82) is 0 Å². The number of carbonyl (C=O) groups is 2. The number of benzene rings is 1. The number of nitrogens with one attached hydrogen (secondary N) is 1. The molecule has 3 N–H and O–H groups in total. The van der Waals surface area contributed by atoms with E-state index in [1.165, 1.54) is 0 Å². The van der Waals surface area contributed by atoms with Crippen molar-refractivity contribution in [2.45, 2.75) is 44.1 Å². The van der Waals surface area contributed by atoms with Crippen LogP contribution in [0.15, 0.2) is 24.3 Å². The van der Waals surface area contributed by atoms with E-state index in [4.69, 9.17) is 10.5 Å². The Bertz CT molecular complexity index is 609. The van der Waals surface area contributed by atoms with Crippen molar-refractivity contribution in [2.75, 3.05) is 31.6 Å². The molecule has 0 spiro atoms. The molecule has 1 aromatic carbocycles. The number of halogens is 1. The van der Waals surface area contributed by atoms with Crippen LogP contribution < -0.4 is 11.1 Å². The first kappa shape index (κ1) is 20.7. The molecule has 6 nitrogen and oxygen atoms in total. The number of rotatable bonds is 4. The maximum absolute atomic E-state index is 12.4. The Labute approximate surface area is 160 Å². The van der Waals surface area contributed by atoms with Crippen molar-refractivity contribution in [3.8, 4) is 0 Å². The molecule has 0 unspecified atom stereocenters. The molecule has 7 heteroatoms. The van der Waals surface area contributed by atoms with Gasteiger partial charge in [0.05, 0.1) is 25.2 Å². The Balaban J connectivity index is 0.00000243. The Hall–Kier alpha value is -1.63. The summed E-state index contributed by atoms with van der Waals surface area (Å²) in [7, 11) is 0. The number of hydrogen-bond acceptors (Lipinski definition) is 4. The quantitative estimate of drug-likeness (QED) is 0.836. The lowest BCUT2D eigenvalue weighted by Crippen LogP contribution is -2.52. The number of amides is 2. The number of morpholine rings is 1. The summed E-state index contributed by atoms with van der Waals surface area (Å²) in [6, 6.07) is 7.45. The van der Waals surface area contributed by atoms with Crippen molar-refractivity contribution in [1.82, 2.24) is 4.90 Å². The van der Waals surface area contributed by atoms with E-state index in [0.29, 0.717) is 32.7 Å². The first-order valence-corrected chi connectivity index (χ1v) is 9.12. The SMILES string of the molecule is Cl.NC1(C(=O)Nc2ccc(CC(=O)N3CCOCC3)cc2)CCCCC1. The fraction of sp³-hybridized carbons (Fsp3) is 0.579. The molecule has 1 saturated carbocycles. The number of carbonyl (C=O) groups excluding carboxylic acids is 2. The molecule has 1 aliphatic carbocycles. The van der Waals surface area contributed by atoms with Crippen LogP contribution in [0.3, 0.4) is 0 Å². The van der Waals surface area contributed by atoms with Gasteiger partial charge in [-0.25, -0.2) is 0 Å². The number of ether oxygens (including phenoxy) is 1. The highest BCUT2D eigenvalue weighted by atomic mass is 35.5. The first-order valence-electron chi connectivity index (χ1n) is 9.12. The van der Waals surface area contributed by atoms with Gasteiger partial charge in [0, 0.05) is 18.8 Å². The van der Waals surface area contributed by atoms with Crippen molar-refractivity contribution in [3.63, 3.8) is 0 Å². The fourth-order valence-corrected chi connectivity index (χ4v) is 3.47. The molecule has 0 bridgehead atoms. The molecule has 144 valence electrons. The summed E-state index contributed by atoms with van der Waals surface area (Å²) in [5.74, 6) is 0.00699. The van der Waals surface area contributed by atoms with Gasteiger partial charge in [-0.05, 0) is 30.5 Å². The smallest absolute Gasteiger partial charge is 0.244 e. The van der Waals surface area contributed by atoms with Gasteiger partial charge in [0.1, 0.15) is 0 Å². The summed E-state index contributed by atoms with van der Waals surface area (Å²) in [6.45, 7) is 2.53. The molecule has 3 rings (SSSR count). The Kier molecular flexibility index (Phi) is 7.43. The number of nitrogens with zero attached hydrogens (tertiary/aromatic N) is 1. The Morgan fingerprint density at radius 2 is 1.69 bits per heavy atom. The summed E-state index contributed by atoms with van der Waals surface area (Å²) in [4.78, 5) is 26.5. The third-order valence-electron chi connectivity index (χ3n) is 5.13. The molecule has 1 saturated heterocycles. The van der Waals surface area contributed by atoms with Crippen molar-refractivity contribution >= 4 is 29.9 Å². The summed E-state index contributed by atoms with van der Waals surface area (Å²) < 4.78 is 5.27. The van der Waals surface area contributed by atoms with Gasteiger partial charge in [0.25, 0.3) is 0 Å². The third kappa shape index (κ3) is 5.19. The molecule has 0 aromatic heterocycles. The zero-order valence-corrected chi connectivity index (χ0v) is 15.9. The van der Waals surface area contributed by atoms with E-state index in [9.17, 15) is 9.59 Å². The van der Waals surface area contributed by atoms with E-state index >= 15 is 0 Å². The fourth-order valence-electron chi connectivity index (χ4n) is 3.47. The average Bonchev–Trinajstić information content (AvgIpc) is 2.64. The second-order valence-electron chi connectivity index (χ2n) is 7.04. The predicted molar refractivity (Wildman–Crippen MR) is 103 cm³/mol. The molecule has 1 aromatic rings. The molecule has 2 aliphatic rings. The van der Waals surface area contributed by atoms with E-state index in [2.05, 4.69) is 5.32 Å². The number of nitrogens with two attached hydrogens (primary N) is 1. The predicted octanol–water partition coefficient (Wildman–Crippen LogP) is 2.11. The second-order valence-corrected chi connectivity index (χ2v) is 7.04. The van der Waals surface area contributed by atoms with Gasteiger partial charge < -0.3 is 20.7 Å². The van der Waals surface area contributed by atoms with Gasteiger partial charge in [0.2, 0.25) is 11.8 Å². The maximum Gasteiger partial charge on any atom is 0.244 e. The molecule has 2 amide bonds. The Morgan fingerprint density at radius 3 is 2.31 bits per heavy atom. The van der Waals surface area contributed by atoms with E-state index in [0.717, 1.165) is 43.4 Å². The zero-order chi connectivity index (χ0) is 17.7. The lowest BCUT2D eigenvalue weighted by molar-refractivity contribution is -0.134. The van der Waals surface area contributed by atoms with Crippen LogP contribution in [0.25, 0.3) is 0 Å². The summed E-state index contributed by atoms with van der Waals surface area (Å²) in [6.07, 6.45) is 5.02. The minimum atomic E-state index is -0.747. The topological polar surface area (TPSA) is 84.7 Å². The van der Waals surface area contributed by atoms with Crippen molar-refractivity contribution < 1.29 is 14.3 Å². The van der Waals surface area contributed by atoms with Gasteiger partial charge in [-0.15, -0.1) is 12.4 Å². The van der Waals surface area contributed by atoms with Crippen LogP contribution in [-0.2, 0) is 20.7 Å². The van der Waals surface area contributed by atoms with Crippen LogP contribution in [0.4, 0.5) is 5.69 Å². The molecule has 2 fully saturated rings. The van der Waals surface area contributed by atoms with Crippen molar-refractivity contribution in [2.24, 2.45) is 5.73 Å². The molecule has 0 atom stereocenters. The zero-order valence-electron chi connectivity index (χ0n) is 15.0. The van der Waals surface area contributed by atoms with Gasteiger partial charge in [-0.2, -0.15) is 0 Å². The van der Waals surface area contributed by atoms with Crippen LogP contribution in [0.2, 0.25) is 0 Å². The monoisotopic (exact) mass is 381 g/mol.